The van der Waals surface area contributed by atoms with Crippen molar-refractivity contribution >= 4 is 47.1 Å². The Balaban J connectivity index is 2.12. The molecule has 0 amide bonds. The molecule has 0 spiro atoms. The highest BCUT2D eigenvalue weighted by Gasteiger charge is 2.59. The van der Waals surface area contributed by atoms with Crippen LogP contribution in [0.15, 0.2) is 12.1 Å². The monoisotopic (exact) mass is 482 g/mol. The second kappa shape index (κ2) is 8.82. The normalized spacial score (nSPS) is 30.4. The molecule has 0 radical (unpaired) electrons. The Morgan fingerprint density at radius 1 is 1.20 bits per heavy atom. The van der Waals surface area contributed by atoms with Crippen molar-refractivity contribution in [1.29, 1.82) is 0 Å². The van der Waals surface area contributed by atoms with Crippen molar-refractivity contribution in [3.05, 3.63) is 34.1 Å². The van der Waals surface area contributed by atoms with E-state index in [4.69, 9.17) is 11.6 Å². The zero-order chi connectivity index (χ0) is 22.3. The van der Waals surface area contributed by atoms with Gasteiger partial charge in [-0.15, -0.1) is 23.5 Å². The van der Waals surface area contributed by atoms with Crippen molar-refractivity contribution in [2.75, 3.05) is 11.5 Å². The summed E-state index contributed by atoms with van der Waals surface area (Å²) in [7, 11) is 0. The minimum Gasteiger partial charge on any atom is -0.481 e. The van der Waals surface area contributed by atoms with Crippen molar-refractivity contribution in [2.45, 2.75) is 49.0 Å². The highest BCUT2D eigenvalue weighted by Crippen LogP contribution is 2.55. The fraction of sp³-hybridized carbons (Fsp3) is 0.600. The summed E-state index contributed by atoms with van der Waals surface area (Å²) in [4.78, 5) is 24.3. The lowest BCUT2D eigenvalue weighted by molar-refractivity contribution is -0.167. The maximum Gasteiger partial charge on any atom is 0.314 e. The van der Waals surface area contributed by atoms with Crippen LogP contribution in [0.5, 0.6) is 0 Å². The van der Waals surface area contributed by atoms with Gasteiger partial charge in [0.1, 0.15) is 5.82 Å². The Morgan fingerprint density at radius 3 is 2.37 bits per heavy atom. The van der Waals surface area contributed by atoms with E-state index < -0.39 is 47.3 Å². The van der Waals surface area contributed by atoms with E-state index in [2.05, 4.69) is 0 Å². The van der Waals surface area contributed by atoms with Crippen molar-refractivity contribution in [1.82, 2.24) is 0 Å². The molecule has 2 N–H and O–H groups in total. The molecule has 4 nitrogen and oxygen atoms in total. The average Bonchev–Trinajstić information content (AvgIpc) is 2.68. The van der Waals surface area contributed by atoms with Crippen LogP contribution >= 0.6 is 35.1 Å². The van der Waals surface area contributed by atoms with Crippen LogP contribution in [0.25, 0.3) is 0 Å². The van der Waals surface area contributed by atoms with Gasteiger partial charge in [-0.2, -0.15) is 0 Å². The molecule has 0 bridgehead atoms. The topological polar surface area (TPSA) is 74.6 Å². The van der Waals surface area contributed by atoms with Crippen LogP contribution < -0.4 is 0 Å². The van der Waals surface area contributed by atoms with E-state index in [9.17, 15) is 28.6 Å². The van der Waals surface area contributed by atoms with Crippen LogP contribution in [0, 0.1) is 17.2 Å². The number of aliphatic carboxylic acids is 2. The molecule has 10 heteroatoms. The zero-order valence-corrected chi connectivity index (χ0v) is 18.6. The summed E-state index contributed by atoms with van der Waals surface area (Å²) in [6.45, 7) is 1.13. The fourth-order valence-electron chi connectivity index (χ4n) is 4.51. The van der Waals surface area contributed by atoms with E-state index in [0.717, 1.165) is 30.9 Å². The van der Waals surface area contributed by atoms with Gasteiger partial charge in [0.15, 0.2) is 0 Å². The van der Waals surface area contributed by atoms with E-state index in [1.165, 1.54) is 6.07 Å². The van der Waals surface area contributed by atoms with Crippen LogP contribution in [0.2, 0.25) is 5.02 Å². The van der Waals surface area contributed by atoms with Gasteiger partial charge in [0.2, 0.25) is 6.43 Å². The third-order valence-corrected chi connectivity index (χ3v) is 9.56. The van der Waals surface area contributed by atoms with Gasteiger partial charge >= 0.3 is 11.9 Å². The van der Waals surface area contributed by atoms with Crippen LogP contribution in [-0.2, 0) is 15.0 Å². The standard InChI is InChI=1S/C20H22ClF3O4S2/c1-19(17(25)26)9-20(18(27)28,4-3-11(19)15(23)24)12-7-10(13(21)8-14(12)22)16-29-5-2-6-30-16/h7-8,11,15-16H,2-6,9H2,1H3,(H,25,26)(H,27,28). The van der Waals surface area contributed by atoms with Crippen molar-refractivity contribution < 1.29 is 33.0 Å². The molecule has 30 heavy (non-hydrogen) atoms. The van der Waals surface area contributed by atoms with Gasteiger partial charge in [-0.25, -0.2) is 13.2 Å². The van der Waals surface area contributed by atoms with Crippen molar-refractivity contribution in [3.8, 4) is 0 Å². The first-order valence-corrected chi connectivity index (χ1v) is 12.0. The van der Waals surface area contributed by atoms with E-state index in [0.29, 0.717) is 5.56 Å². The first kappa shape index (κ1) is 23.6. The van der Waals surface area contributed by atoms with Crippen LogP contribution in [-0.4, -0.2) is 40.1 Å². The Kier molecular flexibility index (Phi) is 6.94. The van der Waals surface area contributed by atoms with Gasteiger partial charge in [0.05, 0.1) is 15.4 Å². The fourth-order valence-corrected chi connectivity index (χ4v) is 7.85. The summed E-state index contributed by atoms with van der Waals surface area (Å²) in [6.07, 6.45) is -3.13. The molecule has 1 heterocycles. The molecule has 2 aliphatic rings. The lowest BCUT2D eigenvalue weighted by atomic mass is 9.55. The molecular formula is C20H22ClF3O4S2. The Hall–Kier alpha value is -1.06. The quantitative estimate of drug-likeness (QED) is 0.550. The van der Waals surface area contributed by atoms with E-state index >= 15 is 4.39 Å². The average molecular weight is 483 g/mol. The largest absolute Gasteiger partial charge is 0.481 e. The minimum atomic E-state index is -2.92. The highest BCUT2D eigenvalue weighted by atomic mass is 35.5. The molecule has 3 atom stereocenters. The molecule has 1 saturated carbocycles. The summed E-state index contributed by atoms with van der Waals surface area (Å²) < 4.78 is 42.1. The summed E-state index contributed by atoms with van der Waals surface area (Å²) >= 11 is 9.51. The number of carbonyl (C=O) groups is 2. The Labute approximate surface area is 185 Å². The molecule has 0 aromatic heterocycles. The number of halogens is 4. The van der Waals surface area contributed by atoms with Gasteiger partial charge in [0.25, 0.3) is 0 Å². The number of hydrogen-bond donors (Lipinski definition) is 2. The number of benzene rings is 1. The number of thioether (sulfide) groups is 2. The van der Waals surface area contributed by atoms with E-state index in [-0.39, 0.29) is 28.0 Å². The number of carboxylic acids is 2. The van der Waals surface area contributed by atoms with Crippen LogP contribution in [0.4, 0.5) is 13.2 Å². The van der Waals surface area contributed by atoms with Gasteiger partial charge in [0, 0.05) is 16.5 Å². The minimum absolute atomic E-state index is 0.0975. The summed E-state index contributed by atoms with van der Waals surface area (Å²) in [6, 6.07) is 2.47. The maximum atomic E-state index is 15.0. The predicted molar refractivity (Wildman–Crippen MR) is 112 cm³/mol. The summed E-state index contributed by atoms with van der Waals surface area (Å²) in [5.74, 6) is -3.53. The zero-order valence-electron chi connectivity index (χ0n) is 16.2. The molecule has 1 saturated heterocycles. The Bertz CT molecular complexity index is 850. The molecule has 1 aromatic carbocycles. The Morgan fingerprint density at radius 2 is 1.83 bits per heavy atom. The second-order valence-electron chi connectivity index (χ2n) is 8.05. The molecule has 1 aliphatic carbocycles. The lowest BCUT2D eigenvalue weighted by Crippen LogP contribution is -2.53. The van der Waals surface area contributed by atoms with E-state index in [1.807, 2.05) is 0 Å². The summed E-state index contributed by atoms with van der Waals surface area (Å²) in [5, 5.41) is 20.0. The summed E-state index contributed by atoms with van der Waals surface area (Å²) in [5.41, 5.74) is -3.53. The van der Waals surface area contributed by atoms with Crippen LogP contribution in [0.3, 0.4) is 0 Å². The van der Waals surface area contributed by atoms with Crippen molar-refractivity contribution in [2.24, 2.45) is 11.3 Å². The highest BCUT2D eigenvalue weighted by molar-refractivity contribution is 8.16. The lowest BCUT2D eigenvalue weighted by Gasteiger charge is -2.46. The molecule has 1 aliphatic heterocycles. The third kappa shape index (κ3) is 4.05. The van der Waals surface area contributed by atoms with Crippen molar-refractivity contribution in [3.63, 3.8) is 0 Å². The number of rotatable bonds is 5. The second-order valence-corrected chi connectivity index (χ2v) is 11.2. The SMILES string of the molecule is CC1(C(=O)O)CC(C(=O)O)(c2cc(C3SCCCS3)c(Cl)cc2F)CCC1C(F)F. The van der Waals surface area contributed by atoms with Gasteiger partial charge in [-0.1, -0.05) is 11.6 Å². The molecule has 3 unspecified atom stereocenters. The first-order valence-electron chi connectivity index (χ1n) is 9.50. The first-order chi connectivity index (χ1) is 14.0. The molecule has 1 aromatic rings. The molecule has 3 rings (SSSR count). The molecular weight excluding hydrogens is 461 g/mol. The van der Waals surface area contributed by atoms with Gasteiger partial charge < -0.3 is 10.2 Å². The van der Waals surface area contributed by atoms with Gasteiger partial charge in [-0.3, -0.25) is 9.59 Å². The number of hydrogen-bond acceptors (Lipinski definition) is 4. The third-order valence-electron chi connectivity index (χ3n) is 6.25. The number of carboxylic acid groups (broad SMARTS) is 2. The maximum absolute atomic E-state index is 15.0. The molecule has 166 valence electrons. The number of alkyl halides is 2. The van der Waals surface area contributed by atoms with E-state index in [1.54, 1.807) is 23.5 Å². The van der Waals surface area contributed by atoms with Gasteiger partial charge in [-0.05, 0) is 61.8 Å². The molecule has 2 fully saturated rings. The van der Waals surface area contributed by atoms with Crippen LogP contribution in [0.1, 0.15) is 48.3 Å². The smallest absolute Gasteiger partial charge is 0.314 e. The predicted octanol–water partition coefficient (Wildman–Crippen LogP) is 5.83.